The molecule has 0 radical (unpaired) electrons. The Kier molecular flexibility index (Phi) is 5.41. The summed E-state index contributed by atoms with van der Waals surface area (Å²) in [5, 5.41) is 11.8. The van der Waals surface area contributed by atoms with Gasteiger partial charge in [-0.2, -0.15) is 0 Å². The molecule has 0 aliphatic carbocycles. The van der Waals surface area contributed by atoms with Gasteiger partial charge in [-0.1, -0.05) is 6.92 Å². The highest BCUT2D eigenvalue weighted by Gasteiger charge is 2.29. The average molecular weight is 242 g/mol. The molecule has 17 heavy (non-hydrogen) atoms. The van der Waals surface area contributed by atoms with Crippen LogP contribution in [0.1, 0.15) is 33.1 Å². The molecule has 0 spiro atoms. The Labute approximate surface area is 102 Å². The van der Waals surface area contributed by atoms with Crippen molar-refractivity contribution < 1.29 is 14.7 Å². The molecule has 0 saturated carbocycles. The Hall–Kier alpha value is -1.10. The van der Waals surface area contributed by atoms with E-state index in [0.29, 0.717) is 25.9 Å². The fraction of sp³-hybridized carbons (Fsp3) is 0.833. The molecule has 0 aromatic heterocycles. The summed E-state index contributed by atoms with van der Waals surface area (Å²) in [7, 11) is 0. The van der Waals surface area contributed by atoms with Crippen LogP contribution < -0.4 is 5.32 Å². The van der Waals surface area contributed by atoms with Crippen LogP contribution in [-0.4, -0.2) is 47.6 Å². The summed E-state index contributed by atoms with van der Waals surface area (Å²) in [4.78, 5) is 24.6. The van der Waals surface area contributed by atoms with Gasteiger partial charge in [-0.3, -0.25) is 9.59 Å². The highest BCUT2D eigenvalue weighted by molar-refractivity contribution is 5.76. The minimum absolute atomic E-state index is 0.0216. The molecule has 1 saturated heterocycles. The lowest BCUT2D eigenvalue weighted by atomic mass is 9.91. The van der Waals surface area contributed by atoms with E-state index in [0.717, 1.165) is 6.42 Å². The molecule has 1 rings (SSSR count). The quantitative estimate of drug-likeness (QED) is 0.736. The number of likely N-dealkylation sites (tertiary alicyclic amines) is 1. The molecule has 1 fully saturated rings. The number of carbonyl (C=O) groups is 2. The van der Waals surface area contributed by atoms with Crippen LogP contribution in [0.25, 0.3) is 0 Å². The van der Waals surface area contributed by atoms with E-state index in [1.807, 2.05) is 6.92 Å². The number of aliphatic hydroxyl groups excluding tert-OH is 1. The molecule has 5 heteroatoms. The first kappa shape index (κ1) is 14.0. The van der Waals surface area contributed by atoms with Crippen LogP contribution in [0, 0.1) is 5.92 Å². The Morgan fingerprint density at radius 1 is 1.41 bits per heavy atom. The summed E-state index contributed by atoms with van der Waals surface area (Å²) >= 11 is 0. The van der Waals surface area contributed by atoms with Gasteiger partial charge in [-0.15, -0.1) is 0 Å². The number of nitrogens with zero attached hydrogens (tertiary/aromatic N) is 1. The second kappa shape index (κ2) is 6.59. The normalized spacial score (nSPS) is 24.5. The van der Waals surface area contributed by atoms with Gasteiger partial charge in [-0.25, -0.2) is 0 Å². The van der Waals surface area contributed by atoms with Crippen molar-refractivity contribution in [3.05, 3.63) is 0 Å². The minimum atomic E-state index is -0.0662. The highest BCUT2D eigenvalue weighted by Crippen LogP contribution is 2.20. The van der Waals surface area contributed by atoms with Crippen LogP contribution in [0.3, 0.4) is 0 Å². The van der Waals surface area contributed by atoms with Crippen LogP contribution in [-0.2, 0) is 9.59 Å². The zero-order valence-corrected chi connectivity index (χ0v) is 10.6. The summed E-state index contributed by atoms with van der Waals surface area (Å²) in [5.41, 5.74) is 0. The Bertz CT molecular complexity index is 281. The molecule has 2 atom stereocenters. The smallest absolute Gasteiger partial charge is 0.222 e. The first-order chi connectivity index (χ1) is 8.06. The monoisotopic (exact) mass is 242 g/mol. The number of aliphatic hydroxyl groups is 1. The summed E-state index contributed by atoms with van der Waals surface area (Å²) in [6, 6.07) is 0.0216. The van der Waals surface area contributed by atoms with E-state index in [1.54, 1.807) is 4.90 Å². The SMILES string of the molecule is CCC(=O)N1CC(CCO)CC(NC(C)=O)C1. The van der Waals surface area contributed by atoms with Gasteiger partial charge in [0.1, 0.15) is 0 Å². The maximum atomic E-state index is 11.7. The van der Waals surface area contributed by atoms with Gasteiger partial charge in [0.25, 0.3) is 0 Å². The lowest BCUT2D eigenvalue weighted by Crippen LogP contribution is -2.52. The van der Waals surface area contributed by atoms with E-state index in [9.17, 15) is 9.59 Å². The predicted octanol–water partition coefficient (Wildman–Crippen LogP) is 0.132. The molecular formula is C12H22N2O3. The van der Waals surface area contributed by atoms with Crippen molar-refractivity contribution in [1.82, 2.24) is 10.2 Å². The van der Waals surface area contributed by atoms with Crippen LogP contribution in [0.5, 0.6) is 0 Å². The van der Waals surface area contributed by atoms with Gasteiger partial charge in [-0.05, 0) is 18.8 Å². The van der Waals surface area contributed by atoms with Crippen LogP contribution in [0.4, 0.5) is 0 Å². The maximum absolute atomic E-state index is 11.7. The van der Waals surface area contributed by atoms with Crippen molar-refractivity contribution in [2.45, 2.75) is 39.2 Å². The van der Waals surface area contributed by atoms with Gasteiger partial charge in [0.2, 0.25) is 11.8 Å². The molecular weight excluding hydrogens is 220 g/mol. The standard InChI is InChI=1S/C12H22N2O3/c1-3-12(17)14-7-10(4-5-15)6-11(8-14)13-9(2)16/h10-11,15H,3-8H2,1-2H3,(H,13,16). The second-order valence-corrected chi connectivity index (χ2v) is 4.66. The Morgan fingerprint density at radius 3 is 2.65 bits per heavy atom. The molecule has 1 aliphatic heterocycles. The molecule has 0 bridgehead atoms. The summed E-state index contributed by atoms with van der Waals surface area (Å²) in [5.74, 6) is 0.327. The first-order valence-corrected chi connectivity index (χ1v) is 6.22. The van der Waals surface area contributed by atoms with Crippen molar-refractivity contribution in [3.8, 4) is 0 Å². The predicted molar refractivity (Wildman–Crippen MR) is 64.3 cm³/mol. The second-order valence-electron chi connectivity index (χ2n) is 4.66. The molecule has 2 unspecified atom stereocenters. The van der Waals surface area contributed by atoms with E-state index in [4.69, 9.17) is 5.11 Å². The maximum Gasteiger partial charge on any atom is 0.222 e. The van der Waals surface area contributed by atoms with E-state index < -0.39 is 0 Å². The molecule has 2 N–H and O–H groups in total. The zero-order chi connectivity index (χ0) is 12.8. The van der Waals surface area contributed by atoms with Gasteiger partial charge < -0.3 is 15.3 Å². The topological polar surface area (TPSA) is 69.6 Å². The third-order valence-corrected chi connectivity index (χ3v) is 3.14. The van der Waals surface area contributed by atoms with Crippen molar-refractivity contribution in [1.29, 1.82) is 0 Å². The lowest BCUT2D eigenvalue weighted by molar-refractivity contribution is -0.134. The summed E-state index contributed by atoms with van der Waals surface area (Å²) in [6.45, 7) is 4.75. The number of hydrogen-bond acceptors (Lipinski definition) is 3. The molecule has 1 aliphatic rings. The van der Waals surface area contributed by atoms with Crippen molar-refractivity contribution in [3.63, 3.8) is 0 Å². The Balaban J connectivity index is 2.61. The van der Waals surface area contributed by atoms with Crippen LogP contribution in [0.15, 0.2) is 0 Å². The van der Waals surface area contributed by atoms with Gasteiger partial charge in [0, 0.05) is 39.1 Å². The number of piperidine rings is 1. The lowest BCUT2D eigenvalue weighted by Gasteiger charge is -2.37. The van der Waals surface area contributed by atoms with E-state index in [1.165, 1.54) is 6.92 Å². The molecule has 0 aromatic carbocycles. The van der Waals surface area contributed by atoms with Crippen LogP contribution >= 0.6 is 0 Å². The van der Waals surface area contributed by atoms with Crippen LogP contribution in [0.2, 0.25) is 0 Å². The van der Waals surface area contributed by atoms with Crippen molar-refractivity contribution in [2.24, 2.45) is 5.92 Å². The van der Waals surface area contributed by atoms with Crippen molar-refractivity contribution >= 4 is 11.8 Å². The number of carbonyl (C=O) groups excluding carboxylic acids is 2. The first-order valence-electron chi connectivity index (χ1n) is 6.22. The number of nitrogens with one attached hydrogen (secondary N) is 1. The summed E-state index contributed by atoms with van der Waals surface area (Å²) in [6.07, 6.45) is 2.01. The van der Waals surface area contributed by atoms with Gasteiger partial charge in [0.15, 0.2) is 0 Å². The third kappa shape index (κ3) is 4.34. The zero-order valence-electron chi connectivity index (χ0n) is 10.6. The number of hydrogen-bond donors (Lipinski definition) is 2. The van der Waals surface area contributed by atoms with Gasteiger partial charge >= 0.3 is 0 Å². The van der Waals surface area contributed by atoms with E-state index in [-0.39, 0.29) is 30.4 Å². The molecule has 98 valence electrons. The number of rotatable bonds is 4. The number of amides is 2. The van der Waals surface area contributed by atoms with E-state index in [2.05, 4.69) is 5.32 Å². The van der Waals surface area contributed by atoms with E-state index >= 15 is 0 Å². The highest BCUT2D eigenvalue weighted by atomic mass is 16.3. The average Bonchev–Trinajstić information content (AvgIpc) is 2.27. The summed E-state index contributed by atoms with van der Waals surface area (Å²) < 4.78 is 0. The van der Waals surface area contributed by atoms with Crippen molar-refractivity contribution in [2.75, 3.05) is 19.7 Å². The fourth-order valence-corrected chi connectivity index (χ4v) is 2.41. The largest absolute Gasteiger partial charge is 0.396 e. The molecule has 2 amide bonds. The molecule has 5 nitrogen and oxygen atoms in total. The third-order valence-electron chi connectivity index (χ3n) is 3.14. The molecule has 0 aromatic rings. The van der Waals surface area contributed by atoms with Gasteiger partial charge in [0.05, 0.1) is 0 Å². The molecule has 1 heterocycles. The minimum Gasteiger partial charge on any atom is -0.396 e. The Morgan fingerprint density at radius 2 is 2.12 bits per heavy atom. The fourth-order valence-electron chi connectivity index (χ4n) is 2.41.